The molecule has 2 N–H and O–H groups in total. The molecular formula is C19H21N7O6S3. The van der Waals surface area contributed by atoms with Crippen LogP contribution < -0.4 is 5.32 Å². The standard InChI is InChI=1S/C19H21N7O6S3/c1-8(5-24-9(2)4-12(23-24)26(31)32)15(27)20-13-16(28)25-14(18(29)30)11(6-33-17(13)25)7-34-19-22-21-10(3)35-19/h4,8,13,17H,5-7H2,1-3H3,(H,20,27)(H,29,30)/t8-,13+,17-/m1/s1. The number of nitrogens with zero attached hydrogens (tertiary/aromatic N) is 6. The number of carbonyl (C=O) groups is 3. The first-order valence-electron chi connectivity index (χ1n) is 10.4. The molecule has 0 unspecified atom stereocenters. The fourth-order valence-electron chi connectivity index (χ4n) is 3.68. The predicted molar refractivity (Wildman–Crippen MR) is 128 cm³/mol. The van der Waals surface area contributed by atoms with Crippen LogP contribution in [-0.2, 0) is 20.9 Å². The second-order valence-electron chi connectivity index (χ2n) is 8.01. The van der Waals surface area contributed by atoms with E-state index in [9.17, 15) is 29.6 Å². The van der Waals surface area contributed by atoms with E-state index in [0.717, 1.165) is 9.35 Å². The third-order valence-electron chi connectivity index (χ3n) is 5.47. The Morgan fingerprint density at radius 1 is 1.40 bits per heavy atom. The summed E-state index contributed by atoms with van der Waals surface area (Å²) in [6.07, 6.45) is 0. The van der Waals surface area contributed by atoms with Crippen LogP contribution in [0.15, 0.2) is 21.7 Å². The normalized spacial score (nSPS) is 20.3. The van der Waals surface area contributed by atoms with Crippen LogP contribution in [0.4, 0.5) is 5.82 Å². The number of aryl methyl sites for hydroxylation is 2. The highest BCUT2D eigenvalue weighted by Crippen LogP contribution is 2.41. The lowest BCUT2D eigenvalue weighted by molar-refractivity contribution is -0.389. The number of carboxylic acids is 1. The first kappa shape index (κ1) is 25.1. The molecule has 0 saturated carbocycles. The Morgan fingerprint density at radius 3 is 2.74 bits per heavy atom. The third-order valence-corrected chi connectivity index (χ3v) is 8.87. The second-order valence-corrected chi connectivity index (χ2v) is 11.5. The van der Waals surface area contributed by atoms with Crippen LogP contribution in [0.1, 0.15) is 17.6 Å². The number of fused-ring (bicyclic) bond motifs is 1. The van der Waals surface area contributed by atoms with E-state index in [1.54, 1.807) is 13.8 Å². The maximum Gasteiger partial charge on any atom is 0.390 e. The van der Waals surface area contributed by atoms with E-state index in [2.05, 4.69) is 20.6 Å². The van der Waals surface area contributed by atoms with E-state index < -0.39 is 40.0 Å². The number of nitro groups is 1. The van der Waals surface area contributed by atoms with Crippen molar-refractivity contribution in [1.82, 2.24) is 30.2 Å². The molecule has 35 heavy (non-hydrogen) atoms. The molecule has 3 atom stereocenters. The minimum atomic E-state index is -1.19. The minimum absolute atomic E-state index is 0.0505. The topological polar surface area (TPSA) is 173 Å². The first-order valence-corrected chi connectivity index (χ1v) is 13.2. The number of hydrogen-bond donors (Lipinski definition) is 2. The van der Waals surface area contributed by atoms with E-state index in [1.807, 2.05) is 6.92 Å². The summed E-state index contributed by atoms with van der Waals surface area (Å²) in [6.45, 7) is 5.21. The summed E-state index contributed by atoms with van der Waals surface area (Å²) >= 11 is 4.17. The first-order chi connectivity index (χ1) is 16.6. The van der Waals surface area contributed by atoms with E-state index in [4.69, 9.17) is 0 Å². The predicted octanol–water partition coefficient (Wildman–Crippen LogP) is 1.43. The van der Waals surface area contributed by atoms with Crippen molar-refractivity contribution in [1.29, 1.82) is 0 Å². The fourth-order valence-corrected chi connectivity index (χ4v) is 6.99. The largest absolute Gasteiger partial charge is 0.477 e. The van der Waals surface area contributed by atoms with Gasteiger partial charge in [0.2, 0.25) is 5.91 Å². The van der Waals surface area contributed by atoms with Gasteiger partial charge in [-0.3, -0.25) is 14.5 Å². The van der Waals surface area contributed by atoms with Crippen LogP contribution in [0, 0.1) is 29.9 Å². The van der Waals surface area contributed by atoms with Crippen LogP contribution in [0.25, 0.3) is 0 Å². The molecule has 1 fully saturated rings. The van der Waals surface area contributed by atoms with Gasteiger partial charge in [0.15, 0.2) is 4.34 Å². The Bertz CT molecular complexity index is 1240. The van der Waals surface area contributed by atoms with E-state index in [1.165, 1.54) is 50.5 Å². The zero-order chi connectivity index (χ0) is 25.4. The number of hydrogen-bond acceptors (Lipinski definition) is 11. The molecule has 2 aliphatic heterocycles. The van der Waals surface area contributed by atoms with Gasteiger partial charge in [-0.2, -0.15) is 4.68 Å². The maximum absolute atomic E-state index is 12.9. The zero-order valence-electron chi connectivity index (χ0n) is 18.8. The van der Waals surface area contributed by atoms with Gasteiger partial charge in [-0.25, -0.2) is 4.79 Å². The van der Waals surface area contributed by atoms with E-state index >= 15 is 0 Å². The smallest absolute Gasteiger partial charge is 0.390 e. The minimum Gasteiger partial charge on any atom is -0.477 e. The molecule has 16 heteroatoms. The number of amides is 2. The SMILES string of the molecule is Cc1nnc(SCC2=C(C(=O)O)N3C(=O)[C@H](NC(=O)[C@H](C)Cn4nc([N+](=O)[O-])cc4C)[C@H]3SC2)s1. The molecule has 2 aromatic rings. The number of carbonyl (C=O) groups excluding carboxylic acids is 2. The summed E-state index contributed by atoms with van der Waals surface area (Å²) in [5.41, 5.74) is 1.10. The van der Waals surface area contributed by atoms with Crippen molar-refractivity contribution in [3.05, 3.63) is 38.2 Å². The van der Waals surface area contributed by atoms with E-state index in [-0.39, 0.29) is 18.1 Å². The van der Waals surface area contributed by atoms with Crippen molar-refractivity contribution in [2.45, 2.75) is 43.1 Å². The van der Waals surface area contributed by atoms with Crippen LogP contribution in [-0.4, -0.2) is 75.6 Å². The Morgan fingerprint density at radius 2 is 2.14 bits per heavy atom. The summed E-state index contributed by atoms with van der Waals surface area (Å²) < 4.78 is 2.10. The Labute approximate surface area is 211 Å². The van der Waals surface area contributed by atoms with Crippen molar-refractivity contribution < 1.29 is 24.4 Å². The molecule has 4 heterocycles. The number of carboxylic acid groups (broad SMARTS) is 1. The molecule has 2 amide bonds. The van der Waals surface area contributed by atoms with Crippen molar-refractivity contribution in [3.8, 4) is 0 Å². The second kappa shape index (κ2) is 9.94. The van der Waals surface area contributed by atoms with Crippen molar-refractivity contribution in [3.63, 3.8) is 0 Å². The summed E-state index contributed by atoms with van der Waals surface area (Å²) in [5, 5.41) is 35.6. The molecule has 2 aromatic heterocycles. The highest BCUT2D eigenvalue weighted by molar-refractivity contribution is 8.01. The molecule has 0 aliphatic carbocycles. The van der Waals surface area contributed by atoms with Crippen molar-refractivity contribution in [2.75, 3.05) is 11.5 Å². The number of thioether (sulfide) groups is 2. The Kier molecular flexibility index (Phi) is 7.14. The van der Waals surface area contributed by atoms with Gasteiger partial charge in [0.25, 0.3) is 5.91 Å². The number of β-lactam (4-membered cyclic amide) rings is 1. The molecular weight excluding hydrogens is 518 g/mol. The molecule has 13 nitrogen and oxygen atoms in total. The van der Waals surface area contributed by atoms with Gasteiger partial charge < -0.3 is 20.5 Å². The van der Waals surface area contributed by atoms with Gasteiger partial charge in [-0.15, -0.1) is 22.0 Å². The van der Waals surface area contributed by atoms with Crippen LogP contribution in [0.2, 0.25) is 0 Å². The molecule has 186 valence electrons. The molecule has 0 spiro atoms. The maximum atomic E-state index is 12.9. The van der Waals surface area contributed by atoms with Gasteiger partial charge in [-0.1, -0.05) is 30.0 Å². The number of rotatable bonds is 9. The molecule has 0 aromatic carbocycles. The number of aromatic nitrogens is 4. The fraction of sp³-hybridized carbons (Fsp3) is 0.474. The highest BCUT2D eigenvalue weighted by Gasteiger charge is 2.54. The molecule has 2 aliphatic rings. The van der Waals surface area contributed by atoms with Gasteiger partial charge in [0, 0.05) is 11.5 Å². The summed E-state index contributed by atoms with van der Waals surface area (Å²) in [6, 6.07) is 0.468. The lowest BCUT2D eigenvalue weighted by atomic mass is 10.0. The number of aliphatic carboxylic acids is 1. The van der Waals surface area contributed by atoms with Gasteiger partial charge in [0.1, 0.15) is 22.1 Å². The average molecular weight is 540 g/mol. The summed E-state index contributed by atoms with van der Waals surface area (Å²) in [4.78, 5) is 49.2. The monoisotopic (exact) mass is 539 g/mol. The van der Waals surface area contributed by atoms with E-state index in [0.29, 0.717) is 22.8 Å². The Hall–Kier alpha value is -2.98. The van der Waals surface area contributed by atoms with Crippen LogP contribution >= 0.6 is 34.9 Å². The van der Waals surface area contributed by atoms with Crippen LogP contribution in [0.3, 0.4) is 0 Å². The molecule has 0 bridgehead atoms. The van der Waals surface area contributed by atoms with Gasteiger partial charge in [0.05, 0.1) is 29.3 Å². The Balaban J connectivity index is 1.40. The highest BCUT2D eigenvalue weighted by atomic mass is 32.2. The lowest BCUT2D eigenvalue weighted by Crippen LogP contribution is -2.71. The third kappa shape index (κ3) is 5.04. The average Bonchev–Trinajstić information content (AvgIpc) is 3.39. The van der Waals surface area contributed by atoms with Crippen molar-refractivity contribution in [2.24, 2.45) is 5.92 Å². The number of nitrogens with one attached hydrogen (secondary N) is 1. The van der Waals surface area contributed by atoms with Crippen LogP contribution in [0.5, 0.6) is 0 Å². The van der Waals surface area contributed by atoms with Gasteiger partial charge >= 0.3 is 11.8 Å². The van der Waals surface area contributed by atoms with Crippen molar-refractivity contribution >= 4 is 58.5 Å². The quantitative estimate of drug-likeness (QED) is 0.204. The summed E-state index contributed by atoms with van der Waals surface area (Å²) in [7, 11) is 0. The molecule has 4 rings (SSSR count). The lowest BCUT2D eigenvalue weighted by Gasteiger charge is -2.49. The molecule has 0 radical (unpaired) electrons. The molecule has 1 saturated heterocycles. The zero-order valence-corrected chi connectivity index (χ0v) is 21.3. The summed E-state index contributed by atoms with van der Waals surface area (Å²) in [5.74, 6) is -2.26. The van der Waals surface area contributed by atoms with Gasteiger partial charge in [-0.05, 0) is 24.3 Å².